The Balaban J connectivity index is 2.76. The second-order valence-electron chi connectivity index (χ2n) is 5.25. The van der Waals surface area contributed by atoms with E-state index >= 15 is 0 Å². The van der Waals surface area contributed by atoms with Gasteiger partial charge in [-0.2, -0.15) is 4.72 Å². The predicted molar refractivity (Wildman–Crippen MR) is 68.8 cm³/mol. The lowest BCUT2D eigenvalue weighted by atomic mass is 10.2. The van der Waals surface area contributed by atoms with Gasteiger partial charge in [0.2, 0.25) is 0 Å². The number of carbonyl (C=O) groups excluding carboxylic acids is 1. The van der Waals surface area contributed by atoms with Crippen LogP contribution in [0.5, 0.6) is 0 Å². The van der Waals surface area contributed by atoms with Gasteiger partial charge in [0.15, 0.2) is 5.03 Å². The molecule has 1 atom stereocenters. The fourth-order valence-corrected chi connectivity index (χ4v) is 2.43. The number of hydrogen-bond acceptors (Lipinski definition) is 5. The van der Waals surface area contributed by atoms with Gasteiger partial charge in [-0.05, 0) is 27.7 Å². The first-order chi connectivity index (χ1) is 8.51. The number of nitrogens with zero attached hydrogens (tertiary/aromatic N) is 2. The Bertz CT molecular complexity index is 557. The van der Waals surface area contributed by atoms with Crippen LogP contribution in [-0.4, -0.2) is 35.6 Å². The standard InChI is InChI=1S/C11H19N3O4S/c1-8(10(15)18-11(2,3)4)13-19(16,17)9-6-14(5)7-12-9/h6-8,13H,1-5H3/t8-/m1/s1. The Morgan fingerprint density at radius 2 is 2.05 bits per heavy atom. The highest BCUT2D eigenvalue weighted by Gasteiger charge is 2.27. The van der Waals surface area contributed by atoms with Crippen LogP contribution in [0, 0.1) is 0 Å². The highest BCUT2D eigenvalue weighted by molar-refractivity contribution is 7.89. The second kappa shape index (κ2) is 5.30. The van der Waals surface area contributed by atoms with Crippen molar-refractivity contribution in [2.24, 2.45) is 7.05 Å². The molecular formula is C11H19N3O4S. The molecule has 108 valence electrons. The molecule has 8 heteroatoms. The molecule has 0 aliphatic heterocycles. The minimum atomic E-state index is -3.82. The molecule has 0 radical (unpaired) electrons. The van der Waals surface area contributed by atoms with E-state index in [2.05, 4.69) is 9.71 Å². The van der Waals surface area contributed by atoms with Gasteiger partial charge < -0.3 is 9.30 Å². The first-order valence-corrected chi connectivity index (χ1v) is 7.23. The van der Waals surface area contributed by atoms with Gasteiger partial charge >= 0.3 is 5.97 Å². The first kappa shape index (κ1) is 15.6. The molecule has 19 heavy (non-hydrogen) atoms. The van der Waals surface area contributed by atoms with Gasteiger partial charge in [0.1, 0.15) is 11.6 Å². The maximum atomic E-state index is 11.9. The fourth-order valence-electron chi connectivity index (χ4n) is 1.26. The molecule has 1 N–H and O–H groups in total. The summed E-state index contributed by atoms with van der Waals surface area (Å²) in [4.78, 5) is 15.4. The van der Waals surface area contributed by atoms with E-state index in [1.807, 2.05) is 0 Å². The van der Waals surface area contributed by atoms with E-state index in [0.29, 0.717) is 0 Å². The summed E-state index contributed by atoms with van der Waals surface area (Å²) in [5, 5.41) is -0.134. The van der Waals surface area contributed by atoms with Crippen LogP contribution in [0.15, 0.2) is 17.6 Å². The van der Waals surface area contributed by atoms with Crippen molar-refractivity contribution in [3.05, 3.63) is 12.5 Å². The van der Waals surface area contributed by atoms with Crippen LogP contribution >= 0.6 is 0 Å². The number of imidazole rings is 1. The molecule has 0 aromatic carbocycles. The summed E-state index contributed by atoms with van der Waals surface area (Å²) in [5.74, 6) is -0.632. The van der Waals surface area contributed by atoms with Gasteiger partial charge in [-0.3, -0.25) is 4.79 Å². The third-order valence-electron chi connectivity index (χ3n) is 2.05. The topological polar surface area (TPSA) is 90.3 Å². The Hall–Kier alpha value is -1.41. The Labute approximate surface area is 113 Å². The van der Waals surface area contributed by atoms with E-state index < -0.39 is 27.6 Å². The van der Waals surface area contributed by atoms with Gasteiger partial charge in [-0.15, -0.1) is 0 Å². The summed E-state index contributed by atoms with van der Waals surface area (Å²) < 4.78 is 32.7. The summed E-state index contributed by atoms with van der Waals surface area (Å²) in [6, 6.07) is -0.980. The number of sulfonamides is 1. The summed E-state index contributed by atoms with van der Waals surface area (Å²) in [7, 11) is -2.17. The van der Waals surface area contributed by atoms with E-state index in [1.54, 1.807) is 27.8 Å². The third kappa shape index (κ3) is 4.64. The molecule has 0 bridgehead atoms. The van der Waals surface area contributed by atoms with Crippen LogP contribution in [-0.2, 0) is 26.6 Å². The van der Waals surface area contributed by atoms with E-state index in [-0.39, 0.29) is 5.03 Å². The molecule has 0 spiro atoms. The molecule has 0 aliphatic carbocycles. The van der Waals surface area contributed by atoms with Gasteiger partial charge in [0, 0.05) is 13.2 Å². The maximum Gasteiger partial charge on any atom is 0.324 e. The Morgan fingerprint density at radius 1 is 1.47 bits per heavy atom. The number of aryl methyl sites for hydroxylation is 1. The number of hydrogen-bond donors (Lipinski definition) is 1. The van der Waals surface area contributed by atoms with Gasteiger partial charge in [-0.1, -0.05) is 0 Å². The molecule has 0 saturated carbocycles. The molecule has 1 aromatic rings. The lowest BCUT2D eigenvalue weighted by molar-refractivity contribution is -0.156. The van der Waals surface area contributed by atoms with Crippen molar-refractivity contribution >= 4 is 16.0 Å². The number of rotatable bonds is 4. The van der Waals surface area contributed by atoms with Crippen molar-refractivity contribution in [2.45, 2.75) is 44.4 Å². The van der Waals surface area contributed by atoms with Crippen LogP contribution in [0.25, 0.3) is 0 Å². The quantitative estimate of drug-likeness (QED) is 0.812. The highest BCUT2D eigenvalue weighted by atomic mass is 32.2. The van der Waals surface area contributed by atoms with Crippen molar-refractivity contribution in [1.29, 1.82) is 0 Å². The minimum Gasteiger partial charge on any atom is -0.459 e. The van der Waals surface area contributed by atoms with Crippen LogP contribution in [0.2, 0.25) is 0 Å². The largest absolute Gasteiger partial charge is 0.459 e. The fraction of sp³-hybridized carbons (Fsp3) is 0.636. The molecular weight excluding hydrogens is 270 g/mol. The van der Waals surface area contributed by atoms with Crippen LogP contribution in [0.3, 0.4) is 0 Å². The lowest BCUT2D eigenvalue weighted by Crippen LogP contribution is -2.42. The van der Waals surface area contributed by atoms with Crippen LogP contribution in [0.4, 0.5) is 0 Å². The summed E-state index contributed by atoms with van der Waals surface area (Å²) in [5.41, 5.74) is -0.665. The average molecular weight is 289 g/mol. The predicted octanol–water partition coefficient (Wildman–Crippen LogP) is 0.429. The van der Waals surface area contributed by atoms with Crippen molar-refractivity contribution in [1.82, 2.24) is 14.3 Å². The normalized spacial score (nSPS) is 14.2. The maximum absolute atomic E-state index is 11.9. The number of esters is 1. The summed E-state index contributed by atoms with van der Waals surface area (Å²) >= 11 is 0. The molecule has 1 rings (SSSR count). The molecule has 0 amide bonds. The number of nitrogens with one attached hydrogen (secondary N) is 1. The number of ether oxygens (including phenoxy) is 1. The summed E-state index contributed by atoms with van der Waals surface area (Å²) in [6.45, 7) is 6.56. The molecule has 0 unspecified atom stereocenters. The smallest absolute Gasteiger partial charge is 0.324 e. The van der Waals surface area contributed by atoms with Crippen molar-refractivity contribution < 1.29 is 17.9 Å². The minimum absolute atomic E-state index is 0.134. The van der Waals surface area contributed by atoms with E-state index in [1.165, 1.54) is 24.0 Å². The third-order valence-corrected chi connectivity index (χ3v) is 3.47. The molecule has 7 nitrogen and oxygen atoms in total. The van der Waals surface area contributed by atoms with E-state index in [0.717, 1.165) is 0 Å². The van der Waals surface area contributed by atoms with Crippen molar-refractivity contribution in [2.75, 3.05) is 0 Å². The Kier molecular flexibility index (Phi) is 4.36. The Morgan fingerprint density at radius 3 is 2.47 bits per heavy atom. The number of carbonyl (C=O) groups is 1. The monoisotopic (exact) mass is 289 g/mol. The highest BCUT2D eigenvalue weighted by Crippen LogP contribution is 2.10. The molecule has 0 aliphatic rings. The zero-order valence-electron chi connectivity index (χ0n) is 11.7. The zero-order valence-corrected chi connectivity index (χ0v) is 12.5. The average Bonchev–Trinajstić information content (AvgIpc) is 2.62. The van der Waals surface area contributed by atoms with Crippen LogP contribution < -0.4 is 4.72 Å². The first-order valence-electron chi connectivity index (χ1n) is 5.74. The second-order valence-corrected chi connectivity index (χ2v) is 6.91. The van der Waals surface area contributed by atoms with Crippen molar-refractivity contribution in [3.63, 3.8) is 0 Å². The van der Waals surface area contributed by atoms with Gasteiger partial charge in [0.25, 0.3) is 10.0 Å². The van der Waals surface area contributed by atoms with Gasteiger partial charge in [0.05, 0.1) is 6.33 Å². The van der Waals surface area contributed by atoms with E-state index in [4.69, 9.17) is 4.74 Å². The van der Waals surface area contributed by atoms with Crippen LogP contribution in [0.1, 0.15) is 27.7 Å². The molecule has 0 saturated heterocycles. The molecule has 1 heterocycles. The molecule has 1 aromatic heterocycles. The SMILES string of the molecule is C[C@@H](NS(=O)(=O)c1cn(C)cn1)C(=O)OC(C)(C)C. The lowest BCUT2D eigenvalue weighted by Gasteiger charge is -2.22. The zero-order chi connectivity index (χ0) is 14.8. The number of aromatic nitrogens is 2. The summed E-state index contributed by atoms with van der Waals surface area (Å²) in [6.07, 6.45) is 2.72. The molecule has 0 fully saturated rings. The van der Waals surface area contributed by atoms with E-state index in [9.17, 15) is 13.2 Å². The van der Waals surface area contributed by atoms with Gasteiger partial charge in [-0.25, -0.2) is 13.4 Å². The van der Waals surface area contributed by atoms with Crippen molar-refractivity contribution in [3.8, 4) is 0 Å².